The number of nitrogens with two attached hydrogens (primary N) is 2. The lowest BCUT2D eigenvalue weighted by Gasteiger charge is -2.27. The van der Waals surface area contributed by atoms with E-state index < -0.39 is 0 Å². The Kier molecular flexibility index (Phi) is 5.55. The topological polar surface area (TPSA) is 111 Å². The van der Waals surface area contributed by atoms with Gasteiger partial charge in [0.2, 0.25) is 5.95 Å². The number of aromatic nitrogens is 3. The normalized spacial score (nSPS) is 14.0. The minimum atomic E-state index is -0.0593. The standard InChI is InChI=1S/C22H23ClN6O/c1-13-19(15-6-8-18(24)26-12-15)20(28-22(25)27-13)14-5-7-17(23)16(11-14)21(30)29-9-3-2-4-10-29/h5-8,11-12H,2-4,9-10H2,1H3,(H2,24,26)(H2,25,27,28). The number of hydrogen-bond donors (Lipinski definition) is 2. The Hall–Kier alpha value is -3.19. The molecule has 3 aromatic rings. The zero-order valence-corrected chi connectivity index (χ0v) is 17.5. The molecule has 4 N–H and O–H groups in total. The third kappa shape index (κ3) is 3.93. The molecule has 1 fully saturated rings. The van der Waals surface area contributed by atoms with E-state index >= 15 is 0 Å². The zero-order chi connectivity index (χ0) is 21.3. The molecular weight excluding hydrogens is 400 g/mol. The molecule has 154 valence electrons. The SMILES string of the molecule is Cc1nc(N)nc(-c2ccc(Cl)c(C(=O)N3CCCCC3)c2)c1-c1ccc(N)nc1. The molecule has 0 radical (unpaired) electrons. The molecule has 1 aliphatic rings. The van der Waals surface area contributed by atoms with Gasteiger partial charge in [0.05, 0.1) is 22.0 Å². The predicted molar refractivity (Wildman–Crippen MR) is 119 cm³/mol. The number of carbonyl (C=O) groups excluding carboxylic acids is 1. The monoisotopic (exact) mass is 422 g/mol. The maximum Gasteiger partial charge on any atom is 0.255 e. The summed E-state index contributed by atoms with van der Waals surface area (Å²) in [5, 5.41) is 0.420. The molecular formula is C22H23ClN6O. The number of anilines is 2. The summed E-state index contributed by atoms with van der Waals surface area (Å²) in [7, 11) is 0. The average Bonchev–Trinajstić information content (AvgIpc) is 2.75. The third-order valence-electron chi connectivity index (χ3n) is 5.30. The van der Waals surface area contributed by atoms with Crippen molar-refractivity contribution in [2.24, 2.45) is 0 Å². The van der Waals surface area contributed by atoms with Gasteiger partial charge in [-0.25, -0.2) is 15.0 Å². The summed E-state index contributed by atoms with van der Waals surface area (Å²) in [5.41, 5.74) is 15.8. The van der Waals surface area contributed by atoms with Gasteiger partial charge in [0.15, 0.2) is 0 Å². The fourth-order valence-corrected chi connectivity index (χ4v) is 4.00. The van der Waals surface area contributed by atoms with E-state index in [1.807, 2.05) is 24.0 Å². The molecule has 1 aromatic carbocycles. The summed E-state index contributed by atoms with van der Waals surface area (Å²) < 4.78 is 0. The van der Waals surface area contributed by atoms with Crippen molar-refractivity contribution in [3.63, 3.8) is 0 Å². The number of amides is 1. The highest BCUT2D eigenvalue weighted by Gasteiger charge is 2.22. The Labute approximate surface area is 180 Å². The minimum Gasteiger partial charge on any atom is -0.384 e. The van der Waals surface area contributed by atoms with E-state index in [1.54, 1.807) is 24.4 Å². The van der Waals surface area contributed by atoms with E-state index in [0.29, 0.717) is 27.8 Å². The summed E-state index contributed by atoms with van der Waals surface area (Å²) in [6, 6.07) is 8.94. The minimum absolute atomic E-state index is 0.0593. The first-order valence-corrected chi connectivity index (χ1v) is 10.3. The second kappa shape index (κ2) is 8.28. The van der Waals surface area contributed by atoms with E-state index in [0.717, 1.165) is 49.0 Å². The highest BCUT2D eigenvalue weighted by molar-refractivity contribution is 6.34. The lowest BCUT2D eigenvalue weighted by atomic mass is 9.97. The molecule has 7 nitrogen and oxygen atoms in total. The summed E-state index contributed by atoms with van der Waals surface area (Å²) >= 11 is 6.41. The van der Waals surface area contributed by atoms with Crippen LogP contribution in [0.2, 0.25) is 5.02 Å². The Morgan fingerprint density at radius 1 is 1.03 bits per heavy atom. The fraction of sp³-hybridized carbons (Fsp3) is 0.273. The molecule has 0 atom stereocenters. The summed E-state index contributed by atoms with van der Waals surface area (Å²) in [4.78, 5) is 27.9. The van der Waals surface area contributed by atoms with Gasteiger partial charge < -0.3 is 16.4 Å². The van der Waals surface area contributed by atoms with Crippen LogP contribution in [0.15, 0.2) is 36.5 Å². The molecule has 1 aliphatic heterocycles. The van der Waals surface area contributed by atoms with Crippen molar-refractivity contribution in [1.29, 1.82) is 0 Å². The van der Waals surface area contributed by atoms with Crippen LogP contribution in [0, 0.1) is 6.92 Å². The fourth-order valence-electron chi connectivity index (χ4n) is 3.81. The Morgan fingerprint density at radius 3 is 2.47 bits per heavy atom. The van der Waals surface area contributed by atoms with Gasteiger partial charge >= 0.3 is 0 Å². The summed E-state index contributed by atoms with van der Waals surface area (Å²) in [6.07, 6.45) is 4.85. The predicted octanol–water partition coefficient (Wildman–Crippen LogP) is 3.96. The van der Waals surface area contributed by atoms with Crippen LogP contribution in [-0.4, -0.2) is 38.8 Å². The van der Waals surface area contributed by atoms with Crippen LogP contribution in [0.1, 0.15) is 35.3 Å². The second-order valence-corrected chi connectivity index (χ2v) is 7.82. The number of carbonyl (C=O) groups is 1. The number of halogens is 1. The molecule has 0 aliphatic carbocycles. The number of benzene rings is 1. The van der Waals surface area contributed by atoms with Crippen molar-refractivity contribution in [3.8, 4) is 22.4 Å². The first-order chi connectivity index (χ1) is 14.4. The van der Waals surface area contributed by atoms with E-state index in [1.165, 1.54) is 0 Å². The van der Waals surface area contributed by atoms with Crippen LogP contribution < -0.4 is 11.5 Å². The number of aryl methyl sites for hydroxylation is 1. The van der Waals surface area contributed by atoms with Crippen molar-refractivity contribution < 1.29 is 4.79 Å². The van der Waals surface area contributed by atoms with Gasteiger partial charge in [-0.15, -0.1) is 0 Å². The molecule has 0 saturated carbocycles. The van der Waals surface area contributed by atoms with E-state index in [-0.39, 0.29) is 11.9 Å². The number of piperidine rings is 1. The smallest absolute Gasteiger partial charge is 0.255 e. The lowest BCUT2D eigenvalue weighted by Crippen LogP contribution is -2.35. The van der Waals surface area contributed by atoms with Crippen LogP contribution in [0.4, 0.5) is 11.8 Å². The maximum absolute atomic E-state index is 13.1. The molecule has 1 amide bonds. The quantitative estimate of drug-likeness (QED) is 0.660. The first kappa shape index (κ1) is 20.1. The molecule has 3 heterocycles. The number of pyridine rings is 1. The van der Waals surface area contributed by atoms with Gasteiger partial charge in [-0.2, -0.15) is 0 Å². The molecule has 1 saturated heterocycles. The van der Waals surface area contributed by atoms with Crippen LogP contribution in [-0.2, 0) is 0 Å². The number of rotatable bonds is 3. The average molecular weight is 423 g/mol. The number of nitrogens with zero attached hydrogens (tertiary/aromatic N) is 4. The van der Waals surface area contributed by atoms with Gasteiger partial charge in [-0.3, -0.25) is 4.79 Å². The van der Waals surface area contributed by atoms with Gasteiger partial charge in [0, 0.05) is 36.0 Å². The number of likely N-dealkylation sites (tertiary alicyclic amines) is 1. The van der Waals surface area contributed by atoms with Gasteiger partial charge in [-0.1, -0.05) is 17.7 Å². The van der Waals surface area contributed by atoms with Crippen molar-refractivity contribution >= 4 is 29.3 Å². The molecule has 0 unspecified atom stereocenters. The summed E-state index contributed by atoms with van der Waals surface area (Å²) in [5.74, 6) is 0.528. The Bertz CT molecular complexity index is 1090. The lowest BCUT2D eigenvalue weighted by molar-refractivity contribution is 0.0724. The Balaban J connectivity index is 1.83. The van der Waals surface area contributed by atoms with Gasteiger partial charge in [0.1, 0.15) is 5.82 Å². The highest BCUT2D eigenvalue weighted by Crippen LogP contribution is 2.35. The first-order valence-electron chi connectivity index (χ1n) is 9.89. The van der Waals surface area contributed by atoms with Crippen molar-refractivity contribution in [2.75, 3.05) is 24.6 Å². The zero-order valence-electron chi connectivity index (χ0n) is 16.7. The molecule has 8 heteroatoms. The number of nitrogen functional groups attached to an aromatic ring is 2. The Morgan fingerprint density at radius 2 is 1.77 bits per heavy atom. The maximum atomic E-state index is 13.1. The molecule has 0 spiro atoms. The molecule has 2 aromatic heterocycles. The van der Waals surface area contributed by atoms with Crippen molar-refractivity contribution in [3.05, 3.63) is 52.8 Å². The van der Waals surface area contributed by atoms with E-state index in [9.17, 15) is 4.79 Å². The largest absolute Gasteiger partial charge is 0.384 e. The molecule has 30 heavy (non-hydrogen) atoms. The van der Waals surface area contributed by atoms with Crippen LogP contribution in [0.25, 0.3) is 22.4 Å². The van der Waals surface area contributed by atoms with Gasteiger partial charge in [-0.05, 0) is 50.5 Å². The van der Waals surface area contributed by atoms with Crippen LogP contribution >= 0.6 is 11.6 Å². The summed E-state index contributed by atoms with van der Waals surface area (Å²) in [6.45, 7) is 3.37. The highest BCUT2D eigenvalue weighted by atomic mass is 35.5. The second-order valence-electron chi connectivity index (χ2n) is 7.41. The molecule has 0 bridgehead atoms. The van der Waals surface area contributed by atoms with E-state index in [2.05, 4.69) is 15.0 Å². The van der Waals surface area contributed by atoms with Gasteiger partial charge in [0.25, 0.3) is 5.91 Å². The number of hydrogen-bond acceptors (Lipinski definition) is 6. The van der Waals surface area contributed by atoms with Crippen molar-refractivity contribution in [1.82, 2.24) is 19.9 Å². The molecule has 4 rings (SSSR count). The van der Waals surface area contributed by atoms with Crippen LogP contribution in [0.3, 0.4) is 0 Å². The van der Waals surface area contributed by atoms with Crippen molar-refractivity contribution in [2.45, 2.75) is 26.2 Å². The van der Waals surface area contributed by atoms with E-state index in [4.69, 9.17) is 23.1 Å². The van der Waals surface area contributed by atoms with Crippen LogP contribution in [0.5, 0.6) is 0 Å². The third-order valence-corrected chi connectivity index (χ3v) is 5.63.